The number of terminal acetylenes is 3. The molecular formula is C73H109Br6F6N14O22P25. The lowest BCUT2D eigenvalue weighted by Gasteiger charge is -2.18. The number of aromatic nitrogens is 12. The van der Waals surface area contributed by atoms with Gasteiger partial charge in [-0.05, 0) is 197 Å². The van der Waals surface area contributed by atoms with Crippen LogP contribution in [0.25, 0.3) is 0 Å². The second kappa shape index (κ2) is 80.9. The Balaban J connectivity index is 0.000000801. The van der Waals surface area contributed by atoms with Gasteiger partial charge in [0.1, 0.15) is 57.5 Å². The van der Waals surface area contributed by atoms with E-state index in [0.717, 1.165) is 31.7 Å². The number of hydrogen-bond acceptors (Lipinski definition) is 28. The normalized spacial score (nSPS) is 17.1. The van der Waals surface area contributed by atoms with Gasteiger partial charge < -0.3 is 56.8 Å². The van der Waals surface area contributed by atoms with Crippen LogP contribution >= 0.6 is 303 Å². The minimum Gasteiger partial charge on any atom is -0.475 e. The summed E-state index contributed by atoms with van der Waals surface area (Å²) < 4.78 is 149. The Morgan fingerprint density at radius 2 is 0.582 bits per heavy atom. The van der Waals surface area contributed by atoms with Crippen molar-refractivity contribution in [2.75, 3.05) is 79.3 Å². The molecule has 2 saturated heterocycles. The quantitative estimate of drug-likeness (QED) is 0.0147. The van der Waals surface area contributed by atoms with Crippen LogP contribution in [0.3, 0.4) is 0 Å². The van der Waals surface area contributed by atoms with Crippen LogP contribution in [0.5, 0.6) is 35.3 Å². The van der Waals surface area contributed by atoms with Crippen molar-refractivity contribution in [2.45, 2.75) is 150 Å². The van der Waals surface area contributed by atoms with Crippen LogP contribution in [-0.4, -0.2) is 242 Å². The van der Waals surface area contributed by atoms with Gasteiger partial charge in [0, 0.05) is 37.8 Å². The molecule has 22 unspecified atom stereocenters. The lowest BCUT2D eigenvalue weighted by Crippen LogP contribution is -2.26. The van der Waals surface area contributed by atoms with E-state index >= 15 is 0 Å². The van der Waals surface area contributed by atoms with Crippen molar-refractivity contribution in [3.05, 3.63) is 64.2 Å². The Morgan fingerprint density at radius 1 is 0.370 bits per heavy atom. The van der Waals surface area contributed by atoms with Crippen LogP contribution in [0.4, 0.5) is 26.3 Å². The molecule has 14 rings (SSSR count). The smallest absolute Gasteiger partial charge is 0.360 e. The molecule has 6 aromatic heterocycles. The molecule has 0 saturated carbocycles. The van der Waals surface area contributed by atoms with Crippen LogP contribution in [0.1, 0.15) is 137 Å². The summed E-state index contributed by atoms with van der Waals surface area (Å²) in [7, 11) is 45.2. The van der Waals surface area contributed by atoms with Crippen molar-refractivity contribution in [3.8, 4) is 96.0 Å². The number of carbonyl (C=O) groups excluding carboxylic acids is 10. The Morgan fingerprint density at radius 3 is 0.740 bits per heavy atom. The molecule has 6 aromatic rings. The highest BCUT2D eigenvalue weighted by Gasteiger charge is 2.35. The molecule has 8 aliphatic rings. The molecule has 0 aliphatic carbocycles. The average Bonchev–Trinajstić information content (AvgIpc) is 1.66. The number of hydrogen-bond donors (Lipinski definition) is 0. The Hall–Kier alpha value is 0.170. The number of imide groups is 2. The maximum atomic E-state index is 13.0. The minimum absolute atomic E-state index is 0.00790. The summed E-state index contributed by atoms with van der Waals surface area (Å²) in [6, 6.07) is 2.92. The van der Waals surface area contributed by atoms with Crippen LogP contribution in [0.2, 0.25) is 0 Å². The molecule has 8 aliphatic heterocycles. The van der Waals surface area contributed by atoms with Crippen molar-refractivity contribution in [2.24, 2.45) is 0 Å². The summed E-state index contributed by atoms with van der Waals surface area (Å²) in [5.41, 5.74) is 0.774. The number of esters is 6. The highest BCUT2D eigenvalue weighted by molar-refractivity contribution is 9.11. The number of nitrogens with zero attached hydrogens (tertiary/aromatic N) is 14. The van der Waals surface area contributed by atoms with Gasteiger partial charge in [0.2, 0.25) is 58.9 Å². The molecule has 26 atom stereocenters. The molecule has 146 heavy (non-hydrogen) atoms. The van der Waals surface area contributed by atoms with Crippen molar-refractivity contribution < 1.29 is 131 Å². The Kier molecular flexibility index (Phi) is 79.9. The van der Waals surface area contributed by atoms with Gasteiger partial charge in [0.15, 0.2) is 71.2 Å². The molecule has 0 spiro atoms. The molecule has 812 valence electrons. The molecule has 4 amide bonds. The number of halogens is 12. The van der Waals surface area contributed by atoms with E-state index in [9.17, 15) is 74.3 Å². The summed E-state index contributed by atoms with van der Waals surface area (Å²) in [4.78, 5) is 110. The van der Waals surface area contributed by atoms with Gasteiger partial charge in [-0.3, -0.25) is 19.2 Å². The maximum absolute atomic E-state index is 13.0. The number of alkyl halides is 6. The molecule has 0 bridgehead atoms. The van der Waals surface area contributed by atoms with E-state index in [-0.39, 0.29) is 225 Å². The maximum Gasteiger partial charge on any atom is 0.360 e. The predicted molar refractivity (Wildman–Crippen MR) is 649 cm³/mol. The van der Waals surface area contributed by atoms with Gasteiger partial charge in [-0.15, -0.1) is 153 Å². The van der Waals surface area contributed by atoms with E-state index in [1.807, 2.05) is 0 Å². The summed E-state index contributed by atoms with van der Waals surface area (Å²) in [6.45, 7) is 15.6. The number of amides is 4. The topological polar surface area (TPSA) is 395 Å². The van der Waals surface area contributed by atoms with Gasteiger partial charge >= 0.3 is 35.8 Å². The largest absolute Gasteiger partial charge is 0.475 e. The first-order valence-electron chi connectivity index (χ1n) is 41.1. The van der Waals surface area contributed by atoms with E-state index in [1.54, 1.807) is 48.5 Å². The fraction of sp³-hybridized carbons (Fsp3) is 0.479. The van der Waals surface area contributed by atoms with Crippen molar-refractivity contribution in [1.29, 1.82) is 0 Å². The lowest BCUT2D eigenvalue weighted by atomic mass is 10.4. The highest BCUT2D eigenvalue weighted by Crippen LogP contribution is 2.93. The van der Waals surface area contributed by atoms with Gasteiger partial charge in [-0.25, -0.2) is 91.1 Å². The first-order valence-corrected chi connectivity index (χ1v) is 87.6. The summed E-state index contributed by atoms with van der Waals surface area (Å²) in [5, 5.41) is 23.6. The summed E-state index contributed by atoms with van der Waals surface area (Å²) >= 11 is 18.4. The molecule has 0 aromatic carbocycles. The third kappa shape index (κ3) is 54.4. The van der Waals surface area contributed by atoms with Gasteiger partial charge in [0.05, 0.1) is 111 Å². The summed E-state index contributed by atoms with van der Waals surface area (Å²) in [6.07, 6.45) is 8.95. The molecule has 14 heterocycles. The number of ether oxygens (including phenoxy) is 12. The standard InChI is InChI=1S/4C9H10BrFN2O3.2C9H11FN2O3.C6H2.C5H4.2C4H4BrNO2.2H9P7.H8P6.H7P5/c4*1-2-15-9(14)7-6(10)8-13(12-7)3-5(11)4-16-8;2*1-2-14-9(13)7-3-8-12(11-7)4-6(10)5-15-8;1-3-5-6-4-2;1-3-5-4-2;2*5-6-3(7)1-2-4(6)8;2*1-5-7(4)6(2)3;1-5(2)6(3)4;1-4-5(2)3/h4*5H,2-4H2,1H3;2*3,6H,2,4-5H2,1H3;1-2H;1H,2H3;2*1-2H2;2*5H,1-4H2;1-4H2;4H,1-3H2/t3*5-;;6-;;;;;;;;;/m110.1........./s1. The molecule has 73 heteroatoms. The third-order valence-electron chi connectivity index (χ3n) is 16.0. The molecule has 2 fully saturated rings. The number of rotatable bonds is 18. The average molecular weight is 2900 g/mol. The predicted octanol–water partition coefficient (Wildman–Crippen LogP) is 22.3. The van der Waals surface area contributed by atoms with Gasteiger partial charge in [0.25, 0.3) is 0 Å². The molecular weight excluding hydrogens is 2790 g/mol. The van der Waals surface area contributed by atoms with Crippen LogP contribution in [0.15, 0.2) is 30.0 Å². The van der Waals surface area contributed by atoms with E-state index in [1.165, 1.54) is 40.2 Å². The third-order valence-corrected chi connectivity index (χ3v) is 115. The minimum atomic E-state index is -1.10. The number of fused-ring (bicyclic) bond motifs is 6. The van der Waals surface area contributed by atoms with Crippen molar-refractivity contribution >= 4 is 362 Å². The fourth-order valence-electron chi connectivity index (χ4n) is 9.81. The fourth-order valence-corrected chi connectivity index (χ4v) is 45.0. The van der Waals surface area contributed by atoms with Crippen LogP contribution < -0.4 is 28.4 Å². The highest BCUT2D eigenvalue weighted by atomic mass is 79.9. The first-order chi connectivity index (χ1) is 69.0. The van der Waals surface area contributed by atoms with E-state index in [4.69, 9.17) is 76.1 Å². The van der Waals surface area contributed by atoms with Gasteiger partial charge in [-0.1, -0.05) is 29.8 Å². The first kappa shape index (κ1) is 144. The second-order valence-corrected chi connectivity index (χ2v) is 109. The van der Waals surface area contributed by atoms with E-state index < -0.39 is 72.8 Å². The van der Waals surface area contributed by atoms with Gasteiger partial charge in [-0.2, -0.15) is 30.6 Å². The van der Waals surface area contributed by atoms with E-state index in [2.05, 4.69) is 302 Å². The zero-order valence-corrected chi connectivity index (χ0v) is 115. The Bertz CT molecular complexity index is 4980. The summed E-state index contributed by atoms with van der Waals surface area (Å²) in [5.74, 6) is 14.2. The second-order valence-electron chi connectivity index (χ2n) is 26.7. The molecule has 0 radical (unpaired) electrons. The molecule has 0 N–H and O–H groups in total. The number of carbonyl (C=O) groups is 10. The lowest BCUT2D eigenvalue weighted by molar-refractivity contribution is -0.133. The SMILES string of the molecule is C#CC#CC.C#CC#CC#C.CCOC(=O)c1cc2n(n1)CC(F)CO2.CCOC(=O)c1cc2n(n1)C[C@@H](F)CO2.CCOC(=O)c1nn2c(c1Br)OCC(F)C2.CCOC(=O)c1nn2c(c1Br)OC[C@@H](F)C2.CCOC(=O)c1nn2c(c1Br)OC[C@H](F)C2.CCOC(=O)c1nn2c(c1Br)OC[C@H](F)C2.O=C1CCC(=O)N1Br.O=C1CCC(=O)N1Br.PP(P)P(P)P.PPP(P)P.PPP(P)P(P)P.PPP(P)P(P)P. The monoisotopic (exact) mass is 2900 g/mol. The van der Waals surface area contributed by atoms with E-state index in [0.29, 0.717) is 78.9 Å². The van der Waals surface area contributed by atoms with Crippen LogP contribution in [0, 0.1) is 60.7 Å². The zero-order chi connectivity index (χ0) is 111. The zero-order valence-electron chi connectivity index (χ0n) is 78.5. The van der Waals surface area contributed by atoms with Crippen molar-refractivity contribution in [3.63, 3.8) is 0 Å². The van der Waals surface area contributed by atoms with Crippen LogP contribution in [-0.2, 0) is 86.9 Å². The Labute approximate surface area is 941 Å². The van der Waals surface area contributed by atoms with Crippen molar-refractivity contribution in [1.82, 2.24) is 66.5 Å². The molecule has 36 nitrogen and oxygen atoms in total.